The van der Waals surface area contributed by atoms with Crippen LogP contribution in [0.3, 0.4) is 0 Å². The van der Waals surface area contributed by atoms with Gasteiger partial charge in [0, 0.05) is 38.8 Å². The maximum atomic E-state index is 13.2. The Morgan fingerprint density at radius 2 is 2.11 bits per heavy atom. The summed E-state index contributed by atoms with van der Waals surface area (Å²) in [7, 11) is 0. The van der Waals surface area contributed by atoms with E-state index >= 15 is 0 Å². The van der Waals surface area contributed by atoms with Crippen molar-refractivity contribution in [2.75, 3.05) is 32.7 Å². The van der Waals surface area contributed by atoms with E-state index in [1.54, 1.807) is 17.0 Å². The van der Waals surface area contributed by atoms with Gasteiger partial charge in [0.2, 0.25) is 0 Å². The number of hydrogen-bond acceptors (Lipinski definition) is 5. The predicted molar refractivity (Wildman–Crippen MR) is 102 cm³/mol. The van der Waals surface area contributed by atoms with Gasteiger partial charge in [0.25, 0.3) is 0 Å². The van der Waals surface area contributed by atoms with Crippen molar-refractivity contribution in [2.45, 2.75) is 19.5 Å². The smallest absolute Gasteiger partial charge is 0.317 e. The normalized spacial score (nSPS) is 21.7. The molecule has 0 saturated carbocycles. The number of fused-ring (bicyclic) bond motifs is 1. The molecule has 1 saturated heterocycles. The second-order valence-electron chi connectivity index (χ2n) is 6.97. The highest BCUT2D eigenvalue weighted by Gasteiger charge is 2.27. The van der Waals surface area contributed by atoms with Gasteiger partial charge in [-0.25, -0.2) is 14.2 Å². The molecule has 3 aliphatic heterocycles. The molecule has 27 heavy (non-hydrogen) atoms. The van der Waals surface area contributed by atoms with Gasteiger partial charge in [-0.3, -0.25) is 4.99 Å². The van der Waals surface area contributed by atoms with Gasteiger partial charge >= 0.3 is 6.03 Å². The number of nitrogens with zero attached hydrogens (tertiary/aromatic N) is 5. The quantitative estimate of drug-likeness (QED) is 0.880. The number of hydrogen-bond donors (Lipinski definition) is 1. The Morgan fingerprint density at radius 3 is 2.89 bits per heavy atom. The van der Waals surface area contributed by atoms with Crippen LogP contribution in [0.1, 0.15) is 12.5 Å². The maximum Gasteiger partial charge on any atom is 0.317 e. The lowest BCUT2D eigenvalue weighted by atomic mass is 10.2. The van der Waals surface area contributed by atoms with Crippen molar-refractivity contribution in [3.05, 3.63) is 47.5 Å². The fourth-order valence-electron chi connectivity index (χ4n) is 3.44. The number of amides is 2. The number of aliphatic imine (C=N–C) groups is 2. The van der Waals surface area contributed by atoms with Crippen molar-refractivity contribution < 1.29 is 9.18 Å². The average molecular weight is 370 g/mol. The first-order chi connectivity index (χ1) is 13.1. The predicted octanol–water partition coefficient (Wildman–Crippen LogP) is 1.64. The minimum Gasteiger partial charge on any atom is -0.353 e. The van der Waals surface area contributed by atoms with Gasteiger partial charge in [0.05, 0.1) is 18.9 Å². The van der Waals surface area contributed by atoms with Crippen molar-refractivity contribution >= 4 is 18.2 Å². The molecule has 1 atom stereocenters. The van der Waals surface area contributed by atoms with E-state index in [-0.39, 0.29) is 11.8 Å². The third kappa shape index (κ3) is 3.79. The molecule has 0 spiro atoms. The Hall–Kier alpha value is -2.90. The van der Waals surface area contributed by atoms with Gasteiger partial charge in [0.15, 0.2) is 0 Å². The fourth-order valence-corrected chi connectivity index (χ4v) is 3.44. The van der Waals surface area contributed by atoms with Gasteiger partial charge in [-0.1, -0.05) is 12.1 Å². The average Bonchev–Trinajstić information content (AvgIpc) is 3.06. The van der Waals surface area contributed by atoms with Crippen LogP contribution in [-0.2, 0) is 6.54 Å². The molecule has 0 radical (unpaired) electrons. The number of urea groups is 1. The first kappa shape index (κ1) is 17.5. The zero-order valence-electron chi connectivity index (χ0n) is 15.3. The van der Waals surface area contributed by atoms with Crippen LogP contribution in [0.25, 0.3) is 0 Å². The Bertz CT molecular complexity index is 812. The highest BCUT2D eigenvalue weighted by molar-refractivity contribution is 6.03. The first-order valence-corrected chi connectivity index (χ1v) is 9.21. The molecule has 7 nitrogen and oxygen atoms in total. The number of piperazine rings is 1. The van der Waals surface area contributed by atoms with Crippen LogP contribution in [0.4, 0.5) is 9.18 Å². The molecular weight excluding hydrogens is 347 g/mol. The van der Waals surface area contributed by atoms with Gasteiger partial charge in [-0.15, -0.1) is 0 Å². The molecule has 0 aromatic heterocycles. The minimum atomic E-state index is -0.295. The van der Waals surface area contributed by atoms with Crippen LogP contribution in [0, 0.1) is 5.82 Å². The largest absolute Gasteiger partial charge is 0.353 e. The molecule has 0 bridgehead atoms. The summed E-state index contributed by atoms with van der Waals surface area (Å²) >= 11 is 0. The van der Waals surface area contributed by atoms with Crippen LogP contribution in [0.5, 0.6) is 0 Å². The van der Waals surface area contributed by atoms with Crippen LogP contribution in [-0.4, -0.2) is 71.7 Å². The molecule has 2 amide bonds. The van der Waals surface area contributed by atoms with Crippen molar-refractivity contribution in [3.8, 4) is 0 Å². The third-order valence-corrected chi connectivity index (χ3v) is 5.05. The summed E-state index contributed by atoms with van der Waals surface area (Å²) in [5.41, 5.74) is 0.750. The Kier molecular flexibility index (Phi) is 4.79. The van der Waals surface area contributed by atoms with Gasteiger partial charge < -0.3 is 20.0 Å². The number of carbonyl (C=O) groups is 1. The standard InChI is InChI=1S/C19H23FN6O/c1-14-11-21-18-10-17(23-13-26(14)18)24-5-7-25(8-6-24)19(27)22-12-15-3-2-4-16(20)9-15/h2-4,9-10,13-14H,5-8,11-12H2,1H3,(H,22,27). The van der Waals surface area contributed by atoms with E-state index in [4.69, 9.17) is 0 Å². The number of nitrogens with one attached hydrogen (secondary N) is 1. The molecule has 3 heterocycles. The van der Waals surface area contributed by atoms with Crippen molar-refractivity contribution in [3.63, 3.8) is 0 Å². The molecule has 1 fully saturated rings. The number of carbonyl (C=O) groups excluding carboxylic acids is 1. The second-order valence-corrected chi connectivity index (χ2v) is 6.97. The maximum absolute atomic E-state index is 13.2. The van der Waals surface area contributed by atoms with E-state index in [2.05, 4.69) is 32.0 Å². The van der Waals surface area contributed by atoms with Crippen LogP contribution >= 0.6 is 0 Å². The molecule has 1 aromatic carbocycles. The van der Waals surface area contributed by atoms with Crippen LogP contribution in [0.15, 0.2) is 46.1 Å². The molecule has 1 N–H and O–H groups in total. The van der Waals surface area contributed by atoms with Crippen molar-refractivity contribution in [1.29, 1.82) is 0 Å². The lowest BCUT2D eigenvalue weighted by Gasteiger charge is -2.37. The van der Waals surface area contributed by atoms with Crippen LogP contribution < -0.4 is 5.32 Å². The van der Waals surface area contributed by atoms with Crippen molar-refractivity contribution in [2.24, 2.45) is 9.98 Å². The van der Waals surface area contributed by atoms with E-state index in [1.807, 2.05) is 12.4 Å². The van der Waals surface area contributed by atoms with Crippen LogP contribution in [0.2, 0.25) is 0 Å². The van der Waals surface area contributed by atoms with E-state index in [9.17, 15) is 9.18 Å². The van der Waals surface area contributed by atoms with Gasteiger partial charge in [-0.05, 0) is 24.6 Å². The number of benzene rings is 1. The molecule has 1 unspecified atom stereocenters. The van der Waals surface area contributed by atoms with Crippen molar-refractivity contribution in [1.82, 2.24) is 20.0 Å². The monoisotopic (exact) mass is 370 g/mol. The molecular formula is C19H23FN6O. The zero-order chi connectivity index (χ0) is 18.8. The Balaban J connectivity index is 1.28. The lowest BCUT2D eigenvalue weighted by Crippen LogP contribution is -2.51. The van der Waals surface area contributed by atoms with Gasteiger partial charge in [-0.2, -0.15) is 0 Å². The number of halogens is 1. The summed E-state index contributed by atoms with van der Waals surface area (Å²) in [6.07, 6.45) is 3.87. The summed E-state index contributed by atoms with van der Waals surface area (Å²) < 4.78 is 13.2. The molecule has 0 aliphatic carbocycles. The number of rotatable bonds is 3. The van der Waals surface area contributed by atoms with E-state index in [0.717, 1.165) is 36.9 Å². The molecule has 142 valence electrons. The summed E-state index contributed by atoms with van der Waals surface area (Å²) in [5.74, 6) is 1.57. The topological polar surface area (TPSA) is 63.5 Å². The van der Waals surface area contributed by atoms with Gasteiger partial charge in [0.1, 0.15) is 17.5 Å². The molecule has 1 aromatic rings. The summed E-state index contributed by atoms with van der Waals surface area (Å²) in [6, 6.07) is 6.50. The molecule has 3 aliphatic rings. The summed E-state index contributed by atoms with van der Waals surface area (Å²) in [5, 5.41) is 2.86. The van der Waals surface area contributed by atoms with E-state index < -0.39 is 0 Å². The van der Waals surface area contributed by atoms with E-state index in [1.165, 1.54) is 12.1 Å². The first-order valence-electron chi connectivity index (χ1n) is 9.21. The lowest BCUT2D eigenvalue weighted by molar-refractivity contribution is 0.156. The zero-order valence-corrected chi connectivity index (χ0v) is 15.3. The Morgan fingerprint density at radius 1 is 1.30 bits per heavy atom. The fraction of sp³-hybridized carbons (Fsp3) is 0.421. The highest BCUT2D eigenvalue weighted by Crippen LogP contribution is 2.19. The third-order valence-electron chi connectivity index (χ3n) is 5.05. The molecule has 4 rings (SSSR count). The highest BCUT2D eigenvalue weighted by atomic mass is 19.1. The second kappa shape index (κ2) is 7.38. The number of amidine groups is 1. The Labute approximate surface area is 157 Å². The minimum absolute atomic E-state index is 0.125. The van der Waals surface area contributed by atoms with E-state index in [0.29, 0.717) is 25.7 Å². The molecule has 8 heteroatoms. The summed E-state index contributed by atoms with van der Waals surface area (Å²) in [6.45, 7) is 5.93. The summed E-state index contributed by atoms with van der Waals surface area (Å²) in [4.78, 5) is 27.5. The SMILES string of the molecule is CC1CN=C2C=C(N3CCN(C(=O)NCc4cccc(F)c4)CC3)N=CN21.